The third-order valence-corrected chi connectivity index (χ3v) is 6.63. The zero-order valence-electron chi connectivity index (χ0n) is 18.5. The Hall–Kier alpha value is -3.15. The van der Waals surface area contributed by atoms with Crippen molar-refractivity contribution < 1.29 is 35.9 Å². The van der Waals surface area contributed by atoms with E-state index in [0.29, 0.717) is 15.4 Å². The van der Waals surface area contributed by atoms with Crippen LogP contribution in [0.2, 0.25) is 0 Å². The van der Waals surface area contributed by atoms with Crippen molar-refractivity contribution in [2.45, 2.75) is 38.4 Å². The molecule has 1 amide bonds. The van der Waals surface area contributed by atoms with Gasteiger partial charge in [-0.25, -0.2) is 23.1 Å². The highest BCUT2D eigenvalue weighted by atomic mass is 32.1. The third kappa shape index (κ3) is 5.12. The van der Waals surface area contributed by atoms with Gasteiger partial charge in [0.05, 0.1) is 21.1 Å². The SMILES string of the molecule is Cc1nc(C(=O)N2CCC(F)(F)[C@H]2COc2ccc(C(F)(F)F)c(C)n2)c(-c2ccc(F)cc2)s1. The lowest BCUT2D eigenvalue weighted by Gasteiger charge is -2.27. The van der Waals surface area contributed by atoms with Crippen LogP contribution in [0.4, 0.5) is 26.3 Å². The number of aryl methyl sites for hydroxylation is 2. The van der Waals surface area contributed by atoms with Crippen LogP contribution in [0.5, 0.6) is 5.88 Å². The molecule has 186 valence electrons. The van der Waals surface area contributed by atoms with Gasteiger partial charge in [0.25, 0.3) is 11.8 Å². The van der Waals surface area contributed by atoms with Gasteiger partial charge < -0.3 is 9.64 Å². The van der Waals surface area contributed by atoms with Gasteiger partial charge in [0.15, 0.2) is 0 Å². The second kappa shape index (κ2) is 9.14. The predicted molar refractivity (Wildman–Crippen MR) is 116 cm³/mol. The highest BCUT2D eigenvalue weighted by Crippen LogP contribution is 2.38. The first-order valence-electron chi connectivity index (χ1n) is 10.5. The number of hydrogen-bond donors (Lipinski definition) is 0. The molecule has 4 rings (SSSR count). The number of amides is 1. The first kappa shape index (κ1) is 25.0. The molecule has 0 bridgehead atoms. The van der Waals surface area contributed by atoms with Crippen molar-refractivity contribution in [2.24, 2.45) is 0 Å². The molecule has 0 spiro atoms. The van der Waals surface area contributed by atoms with Gasteiger partial charge in [-0.1, -0.05) is 12.1 Å². The summed E-state index contributed by atoms with van der Waals surface area (Å²) in [4.78, 5) is 22.6. The smallest absolute Gasteiger partial charge is 0.418 e. The predicted octanol–water partition coefficient (Wildman–Crippen LogP) is 5.91. The minimum absolute atomic E-state index is 0.0368. The van der Waals surface area contributed by atoms with Gasteiger partial charge in [-0.05, 0) is 37.6 Å². The average molecular weight is 515 g/mol. The van der Waals surface area contributed by atoms with Gasteiger partial charge >= 0.3 is 6.18 Å². The molecule has 2 aromatic heterocycles. The largest absolute Gasteiger partial charge is 0.475 e. The van der Waals surface area contributed by atoms with Crippen LogP contribution in [0.1, 0.15) is 33.2 Å². The maximum Gasteiger partial charge on any atom is 0.418 e. The molecule has 1 saturated heterocycles. The van der Waals surface area contributed by atoms with Crippen molar-refractivity contribution in [1.82, 2.24) is 14.9 Å². The van der Waals surface area contributed by atoms with Crippen molar-refractivity contribution >= 4 is 17.2 Å². The number of thiazole rings is 1. The van der Waals surface area contributed by atoms with Gasteiger partial charge in [0.2, 0.25) is 5.88 Å². The fourth-order valence-electron chi connectivity index (χ4n) is 3.86. The summed E-state index contributed by atoms with van der Waals surface area (Å²) in [7, 11) is 0. The van der Waals surface area contributed by atoms with E-state index in [1.165, 1.54) is 35.6 Å². The number of aromatic nitrogens is 2. The number of nitrogens with zero attached hydrogens (tertiary/aromatic N) is 3. The molecule has 3 aromatic rings. The van der Waals surface area contributed by atoms with Gasteiger partial charge in [0, 0.05) is 19.0 Å². The molecule has 3 heterocycles. The van der Waals surface area contributed by atoms with Crippen LogP contribution in [-0.4, -0.2) is 45.9 Å². The first-order chi connectivity index (χ1) is 16.4. The number of ether oxygens (including phenoxy) is 1. The van der Waals surface area contributed by atoms with E-state index >= 15 is 0 Å². The van der Waals surface area contributed by atoms with E-state index < -0.39 is 48.5 Å². The van der Waals surface area contributed by atoms with Gasteiger partial charge in [-0.15, -0.1) is 11.3 Å². The van der Waals surface area contributed by atoms with Crippen LogP contribution < -0.4 is 4.74 Å². The summed E-state index contributed by atoms with van der Waals surface area (Å²) in [5.74, 6) is -4.76. The molecule has 1 atom stereocenters. The standard InChI is InChI=1S/C23H19F6N3O2S/c1-12-16(23(27,28)29)7-8-18(30-12)34-11-17-22(25,26)9-10-32(17)21(33)19-20(35-13(2)31-19)14-3-5-15(24)6-4-14/h3-8,17H,9-11H2,1-2H3/t17-/m1/s1. The number of carbonyl (C=O) groups excluding carboxylic acids is 1. The molecule has 5 nitrogen and oxygen atoms in total. The monoisotopic (exact) mass is 515 g/mol. The van der Waals surface area contributed by atoms with Crippen LogP contribution in [-0.2, 0) is 6.18 Å². The maximum absolute atomic E-state index is 14.7. The fraction of sp³-hybridized carbons (Fsp3) is 0.348. The molecule has 0 unspecified atom stereocenters. The first-order valence-corrected chi connectivity index (χ1v) is 11.3. The number of carbonyl (C=O) groups is 1. The topological polar surface area (TPSA) is 55.3 Å². The van der Waals surface area contributed by atoms with Crippen molar-refractivity contribution in [3.8, 4) is 16.3 Å². The average Bonchev–Trinajstić information content (AvgIpc) is 3.30. The van der Waals surface area contributed by atoms with E-state index in [-0.39, 0.29) is 23.8 Å². The van der Waals surface area contributed by atoms with E-state index in [2.05, 4.69) is 9.97 Å². The lowest BCUT2D eigenvalue weighted by molar-refractivity contribution is -0.138. The number of pyridine rings is 1. The van der Waals surface area contributed by atoms with Crippen LogP contribution in [0.25, 0.3) is 10.4 Å². The number of halogens is 6. The second-order valence-electron chi connectivity index (χ2n) is 8.03. The summed E-state index contributed by atoms with van der Waals surface area (Å²) in [5.41, 5.74) is -0.836. The van der Waals surface area contributed by atoms with Crippen molar-refractivity contribution in [1.29, 1.82) is 0 Å². The van der Waals surface area contributed by atoms with Crippen LogP contribution in [0, 0.1) is 19.7 Å². The Kier molecular flexibility index (Phi) is 6.52. The minimum atomic E-state index is -4.61. The van der Waals surface area contributed by atoms with Crippen LogP contribution in [0.3, 0.4) is 0 Å². The third-order valence-electron chi connectivity index (χ3n) is 5.61. The summed E-state index contributed by atoms with van der Waals surface area (Å²) in [6, 6.07) is 5.42. The molecule has 0 radical (unpaired) electrons. The van der Waals surface area contributed by atoms with E-state index in [9.17, 15) is 31.1 Å². The van der Waals surface area contributed by atoms with E-state index in [1.807, 2.05) is 0 Å². The molecule has 12 heteroatoms. The van der Waals surface area contributed by atoms with Crippen LogP contribution >= 0.6 is 11.3 Å². The van der Waals surface area contributed by atoms with E-state index in [1.54, 1.807) is 6.92 Å². The quantitative estimate of drug-likeness (QED) is 0.397. The maximum atomic E-state index is 14.7. The molecule has 35 heavy (non-hydrogen) atoms. The Balaban J connectivity index is 1.57. The summed E-state index contributed by atoms with van der Waals surface area (Å²) in [6.07, 6.45) is -5.22. The number of likely N-dealkylation sites (tertiary alicyclic amines) is 1. The molecule has 0 saturated carbocycles. The van der Waals surface area contributed by atoms with E-state index in [0.717, 1.165) is 24.0 Å². The number of benzene rings is 1. The molecule has 0 aliphatic carbocycles. The summed E-state index contributed by atoms with van der Waals surface area (Å²) in [5, 5.41) is 0.524. The normalized spacial score (nSPS) is 17.6. The summed E-state index contributed by atoms with van der Waals surface area (Å²) >= 11 is 1.17. The zero-order valence-corrected chi connectivity index (χ0v) is 19.3. The van der Waals surface area contributed by atoms with Crippen molar-refractivity contribution in [3.63, 3.8) is 0 Å². The van der Waals surface area contributed by atoms with E-state index in [4.69, 9.17) is 4.74 Å². The van der Waals surface area contributed by atoms with Crippen molar-refractivity contribution in [2.75, 3.05) is 13.2 Å². The Morgan fingerprint density at radius 3 is 2.46 bits per heavy atom. The molecule has 1 aliphatic rings. The van der Waals surface area contributed by atoms with Crippen molar-refractivity contribution in [3.05, 3.63) is 64.2 Å². The molecule has 1 aliphatic heterocycles. The minimum Gasteiger partial charge on any atom is -0.475 e. The van der Waals surface area contributed by atoms with Gasteiger partial charge in [0.1, 0.15) is 24.2 Å². The lowest BCUT2D eigenvalue weighted by Crippen LogP contribution is -2.46. The highest BCUT2D eigenvalue weighted by Gasteiger charge is 2.52. The second-order valence-corrected chi connectivity index (χ2v) is 9.24. The Morgan fingerprint density at radius 2 is 1.83 bits per heavy atom. The summed E-state index contributed by atoms with van der Waals surface area (Å²) in [6.45, 7) is 1.85. The molecule has 1 fully saturated rings. The molecular weight excluding hydrogens is 496 g/mol. The highest BCUT2D eigenvalue weighted by molar-refractivity contribution is 7.15. The molecule has 1 aromatic carbocycles. The Bertz CT molecular complexity index is 1240. The molecule has 0 N–H and O–H groups in total. The zero-order chi connectivity index (χ0) is 25.5. The number of alkyl halides is 5. The van der Waals surface area contributed by atoms with Gasteiger partial charge in [-0.3, -0.25) is 4.79 Å². The van der Waals surface area contributed by atoms with Gasteiger partial charge in [-0.2, -0.15) is 13.2 Å². The van der Waals surface area contributed by atoms with Crippen LogP contribution in [0.15, 0.2) is 36.4 Å². The Labute approximate surface area is 200 Å². The Morgan fingerprint density at radius 1 is 1.14 bits per heavy atom. The number of rotatable bonds is 5. The lowest BCUT2D eigenvalue weighted by atomic mass is 10.1. The summed E-state index contributed by atoms with van der Waals surface area (Å²) < 4.78 is 86.9. The number of hydrogen-bond acceptors (Lipinski definition) is 5. The molecular formula is C23H19F6N3O2S. The fourth-order valence-corrected chi connectivity index (χ4v) is 4.78.